The molecule has 0 saturated heterocycles. The van der Waals surface area contributed by atoms with Crippen LogP contribution in [0.25, 0.3) is 10.8 Å². The SMILES string of the molecule is CC(C)(N)C(=O)NC1CC1(COCc1ccccc1)c1nnc2n1CCN(C(=O)OCc1ccc3ccccc3c1)C2. The van der Waals surface area contributed by atoms with Crippen molar-refractivity contribution in [1.29, 1.82) is 0 Å². The molecule has 3 aromatic carbocycles. The van der Waals surface area contributed by atoms with Crippen molar-refractivity contribution in [1.82, 2.24) is 25.0 Å². The number of rotatable bonds is 9. The molecule has 218 valence electrons. The molecule has 1 aromatic heterocycles. The monoisotopic (exact) mass is 568 g/mol. The second-order valence-electron chi connectivity index (χ2n) is 11.8. The molecule has 3 N–H and O–H groups in total. The predicted molar refractivity (Wildman–Crippen MR) is 157 cm³/mol. The Bertz CT molecular complexity index is 1600. The molecule has 6 rings (SSSR count). The first-order valence-corrected chi connectivity index (χ1v) is 14.3. The lowest BCUT2D eigenvalue weighted by atomic mass is 10.0. The van der Waals surface area contributed by atoms with Crippen molar-refractivity contribution in [2.45, 2.75) is 63.6 Å². The smallest absolute Gasteiger partial charge is 0.410 e. The van der Waals surface area contributed by atoms with Crippen molar-refractivity contribution in [3.63, 3.8) is 0 Å². The van der Waals surface area contributed by atoms with Gasteiger partial charge in [-0.15, -0.1) is 10.2 Å². The molecule has 0 radical (unpaired) electrons. The summed E-state index contributed by atoms with van der Waals surface area (Å²) in [6, 6.07) is 23.9. The van der Waals surface area contributed by atoms with Crippen molar-refractivity contribution in [3.05, 3.63) is 95.6 Å². The summed E-state index contributed by atoms with van der Waals surface area (Å²) in [5, 5.41) is 14.4. The lowest BCUT2D eigenvalue weighted by Gasteiger charge is -2.28. The molecular weight excluding hydrogens is 532 g/mol. The Morgan fingerprint density at radius 2 is 1.74 bits per heavy atom. The number of benzene rings is 3. The van der Waals surface area contributed by atoms with Crippen molar-refractivity contribution >= 4 is 22.8 Å². The van der Waals surface area contributed by atoms with Gasteiger partial charge in [-0.2, -0.15) is 0 Å². The molecule has 0 spiro atoms. The molecule has 1 fully saturated rings. The van der Waals surface area contributed by atoms with Gasteiger partial charge in [0.05, 0.1) is 30.7 Å². The van der Waals surface area contributed by atoms with Crippen molar-refractivity contribution in [2.75, 3.05) is 13.2 Å². The Morgan fingerprint density at radius 1 is 0.976 bits per heavy atom. The Hall–Kier alpha value is -4.28. The third-order valence-corrected chi connectivity index (χ3v) is 8.07. The Kier molecular flexibility index (Phi) is 7.42. The van der Waals surface area contributed by atoms with Crippen molar-refractivity contribution in [2.24, 2.45) is 5.73 Å². The van der Waals surface area contributed by atoms with Crippen LogP contribution in [0.15, 0.2) is 72.8 Å². The highest BCUT2D eigenvalue weighted by atomic mass is 16.6. The molecule has 2 unspecified atom stereocenters. The van der Waals surface area contributed by atoms with Crippen LogP contribution in [-0.4, -0.2) is 56.4 Å². The van der Waals surface area contributed by atoms with Crippen LogP contribution in [0, 0.1) is 0 Å². The number of hydrogen-bond donors (Lipinski definition) is 2. The van der Waals surface area contributed by atoms with Crippen molar-refractivity contribution in [3.8, 4) is 0 Å². The molecular formula is C32H36N6O4. The van der Waals surface area contributed by atoms with E-state index in [0.717, 1.165) is 27.7 Å². The van der Waals surface area contributed by atoms with Crippen LogP contribution >= 0.6 is 0 Å². The van der Waals surface area contributed by atoms with Crippen LogP contribution in [-0.2, 0) is 46.0 Å². The van der Waals surface area contributed by atoms with Gasteiger partial charge in [-0.25, -0.2) is 4.79 Å². The normalized spacial score (nSPS) is 19.8. The number of nitrogens with two attached hydrogens (primary N) is 1. The predicted octanol–water partition coefficient (Wildman–Crippen LogP) is 3.66. The third-order valence-electron chi connectivity index (χ3n) is 8.07. The average Bonchev–Trinajstić information content (AvgIpc) is 3.50. The minimum absolute atomic E-state index is 0.179. The summed E-state index contributed by atoms with van der Waals surface area (Å²) in [6.07, 6.45) is 0.279. The van der Waals surface area contributed by atoms with Crippen LogP contribution in [0.1, 0.15) is 43.0 Å². The molecule has 0 bridgehead atoms. The van der Waals surface area contributed by atoms with E-state index in [4.69, 9.17) is 15.2 Å². The first-order valence-electron chi connectivity index (χ1n) is 14.3. The number of hydrogen-bond acceptors (Lipinski definition) is 7. The van der Waals surface area contributed by atoms with E-state index < -0.39 is 11.0 Å². The largest absolute Gasteiger partial charge is 0.445 e. The van der Waals surface area contributed by atoms with E-state index in [-0.39, 0.29) is 31.2 Å². The minimum Gasteiger partial charge on any atom is -0.445 e. The van der Waals surface area contributed by atoms with Crippen molar-refractivity contribution < 1.29 is 19.1 Å². The Labute approximate surface area is 244 Å². The van der Waals surface area contributed by atoms with E-state index in [9.17, 15) is 9.59 Å². The summed E-state index contributed by atoms with van der Waals surface area (Å²) in [4.78, 5) is 27.3. The van der Waals surface area contributed by atoms with E-state index in [1.807, 2.05) is 66.7 Å². The van der Waals surface area contributed by atoms with E-state index in [1.165, 1.54) is 0 Å². The molecule has 4 aromatic rings. The van der Waals surface area contributed by atoms with Gasteiger partial charge >= 0.3 is 6.09 Å². The molecule has 1 saturated carbocycles. The highest BCUT2D eigenvalue weighted by Gasteiger charge is 2.60. The molecule has 10 nitrogen and oxygen atoms in total. The summed E-state index contributed by atoms with van der Waals surface area (Å²) < 4.78 is 13.9. The number of carbonyl (C=O) groups excluding carboxylic acids is 2. The highest BCUT2D eigenvalue weighted by molar-refractivity contribution is 5.86. The van der Waals surface area contributed by atoms with Gasteiger partial charge in [-0.1, -0.05) is 66.7 Å². The molecule has 2 aliphatic rings. The van der Waals surface area contributed by atoms with Gasteiger partial charge in [0.15, 0.2) is 5.82 Å². The van der Waals surface area contributed by atoms with Crippen LogP contribution in [0.2, 0.25) is 0 Å². The van der Waals surface area contributed by atoms with Crippen LogP contribution < -0.4 is 11.1 Å². The molecule has 1 aliphatic carbocycles. The van der Waals surface area contributed by atoms with E-state index in [1.54, 1.807) is 18.7 Å². The summed E-state index contributed by atoms with van der Waals surface area (Å²) in [5.41, 5.74) is 6.52. The quantitative estimate of drug-likeness (QED) is 0.316. The lowest BCUT2D eigenvalue weighted by Crippen LogP contribution is -2.51. The summed E-state index contributed by atoms with van der Waals surface area (Å²) >= 11 is 0. The zero-order valence-corrected chi connectivity index (χ0v) is 24.0. The summed E-state index contributed by atoms with van der Waals surface area (Å²) in [6.45, 7) is 5.65. The van der Waals surface area contributed by atoms with Crippen LogP contribution in [0.4, 0.5) is 4.79 Å². The van der Waals surface area contributed by atoms with E-state index >= 15 is 0 Å². The maximum Gasteiger partial charge on any atom is 0.410 e. The number of carbonyl (C=O) groups is 2. The zero-order chi connectivity index (χ0) is 29.3. The Balaban J connectivity index is 1.13. The van der Waals surface area contributed by atoms with Gasteiger partial charge in [-0.3, -0.25) is 9.69 Å². The molecule has 10 heteroatoms. The van der Waals surface area contributed by atoms with Gasteiger partial charge in [0.25, 0.3) is 0 Å². The highest BCUT2D eigenvalue weighted by Crippen LogP contribution is 2.48. The average molecular weight is 569 g/mol. The molecule has 42 heavy (non-hydrogen) atoms. The van der Waals surface area contributed by atoms with Gasteiger partial charge in [0.2, 0.25) is 5.91 Å². The summed E-state index contributed by atoms with van der Waals surface area (Å²) in [5.74, 6) is 1.21. The Morgan fingerprint density at radius 3 is 2.52 bits per heavy atom. The number of amides is 2. The van der Waals surface area contributed by atoms with E-state index in [2.05, 4.69) is 26.1 Å². The fourth-order valence-corrected chi connectivity index (χ4v) is 5.48. The lowest BCUT2D eigenvalue weighted by molar-refractivity contribution is -0.125. The minimum atomic E-state index is -1.00. The topological polar surface area (TPSA) is 125 Å². The molecule has 1 aliphatic heterocycles. The molecule has 2 amide bonds. The van der Waals surface area contributed by atoms with Gasteiger partial charge in [-0.05, 0) is 48.2 Å². The van der Waals surface area contributed by atoms with Crippen LogP contribution in [0.3, 0.4) is 0 Å². The fourth-order valence-electron chi connectivity index (χ4n) is 5.48. The number of ether oxygens (including phenoxy) is 2. The second-order valence-corrected chi connectivity index (χ2v) is 11.8. The van der Waals surface area contributed by atoms with Crippen LogP contribution in [0.5, 0.6) is 0 Å². The number of nitrogens with zero attached hydrogens (tertiary/aromatic N) is 4. The molecule has 2 atom stereocenters. The summed E-state index contributed by atoms with van der Waals surface area (Å²) in [7, 11) is 0. The van der Waals surface area contributed by atoms with Gasteiger partial charge in [0.1, 0.15) is 12.4 Å². The second kappa shape index (κ2) is 11.2. The zero-order valence-electron chi connectivity index (χ0n) is 24.0. The maximum atomic E-state index is 13.0. The van der Waals surface area contributed by atoms with Gasteiger partial charge in [0, 0.05) is 19.1 Å². The van der Waals surface area contributed by atoms with Gasteiger partial charge < -0.3 is 25.1 Å². The fraction of sp³-hybridized carbons (Fsp3) is 0.375. The number of nitrogens with one attached hydrogen (secondary N) is 1. The maximum absolute atomic E-state index is 13.0. The van der Waals surface area contributed by atoms with E-state index in [0.29, 0.717) is 38.5 Å². The number of aromatic nitrogens is 3. The molecule has 2 heterocycles. The number of fused-ring (bicyclic) bond motifs is 2. The third kappa shape index (κ3) is 5.73. The standard InChI is InChI=1S/C32H36N6O4/c1-31(2,33)29(39)34-26-17-32(26,21-41-19-22-8-4-3-5-9-22)28-36-35-27-18-37(14-15-38(27)28)30(40)42-20-23-12-13-24-10-6-7-11-25(24)16-23/h3-13,16,26H,14-15,17-21,33H2,1-2H3,(H,34,39). The first kappa shape index (κ1) is 27.9. The first-order chi connectivity index (χ1) is 20.2.